The summed E-state index contributed by atoms with van der Waals surface area (Å²) < 4.78 is 35.2. The summed E-state index contributed by atoms with van der Waals surface area (Å²) in [7, 11) is -3.45. The molecular weight excluding hydrogens is 526 g/mol. The highest BCUT2D eigenvalue weighted by molar-refractivity contribution is 7.92. The second-order valence-corrected chi connectivity index (χ2v) is 14.0. The number of aromatic nitrogens is 2. The van der Waals surface area contributed by atoms with Gasteiger partial charge in [-0.3, -0.25) is 4.31 Å². The molecule has 2 aliphatic rings. The first-order valence-corrected chi connectivity index (χ1v) is 15.5. The van der Waals surface area contributed by atoms with E-state index in [-0.39, 0.29) is 35.4 Å². The Balaban J connectivity index is 1.34. The van der Waals surface area contributed by atoms with E-state index in [9.17, 15) is 13.2 Å². The zero-order chi connectivity index (χ0) is 28.7. The van der Waals surface area contributed by atoms with E-state index < -0.39 is 10.0 Å². The van der Waals surface area contributed by atoms with Crippen molar-refractivity contribution in [1.29, 1.82) is 0 Å². The molecule has 0 unspecified atom stereocenters. The van der Waals surface area contributed by atoms with Gasteiger partial charge in [-0.05, 0) is 83.2 Å². The second-order valence-electron chi connectivity index (χ2n) is 12.1. The molecule has 1 fully saturated rings. The Labute approximate surface area is 237 Å². The monoisotopic (exact) mass is 565 g/mol. The predicted molar refractivity (Wildman–Crippen MR) is 157 cm³/mol. The largest absolute Gasteiger partial charge is 0.446 e. The zero-order valence-corrected chi connectivity index (χ0v) is 24.7. The summed E-state index contributed by atoms with van der Waals surface area (Å²) in [5, 5.41) is 11.3. The third-order valence-corrected chi connectivity index (χ3v) is 8.98. The molecule has 10 heteroatoms. The lowest BCUT2D eigenvalue weighted by Crippen LogP contribution is -2.33. The molecule has 1 aromatic heterocycles. The fourth-order valence-corrected chi connectivity index (χ4v) is 7.07. The minimum Gasteiger partial charge on any atom is -0.446 e. The first-order chi connectivity index (χ1) is 18.9. The van der Waals surface area contributed by atoms with Crippen molar-refractivity contribution in [3.05, 3.63) is 71.4 Å². The first kappa shape index (κ1) is 28.0. The van der Waals surface area contributed by atoms with Gasteiger partial charge in [-0.25, -0.2) is 17.9 Å². The number of sulfonamides is 1. The summed E-state index contributed by atoms with van der Waals surface area (Å²) in [5.41, 5.74) is 3.94. The molecule has 0 saturated heterocycles. The van der Waals surface area contributed by atoms with Crippen LogP contribution in [-0.4, -0.2) is 36.4 Å². The van der Waals surface area contributed by atoms with Crippen molar-refractivity contribution in [2.45, 2.75) is 89.8 Å². The minimum atomic E-state index is -3.45. The number of nitrogens with zero attached hydrogens (tertiary/aromatic N) is 3. The first-order valence-electron chi connectivity index (χ1n) is 13.9. The Hall–Kier alpha value is -3.53. The van der Waals surface area contributed by atoms with E-state index in [4.69, 9.17) is 9.84 Å². The maximum absolute atomic E-state index is 13.0. The van der Waals surface area contributed by atoms with Crippen molar-refractivity contribution in [2.75, 3.05) is 9.62 Å². The lowest BCUT2D eigenvalue weighted by molar-refractivity contribution is 0.0981. The van der Waals surface area contributed by atoms with Crippen LogP contribution in [0, 0.1) is 0 Å². The number of benzene rings is 2. The van der Waals surface area contributed by atoms with Gasteiger partial charge in [0, 0.05) is 23.7 Å². The van der Waals surface area contributed by atoms with Crippen molar-refractivity contribution in [1.82, 2.24) is 15.1 Å². The molecule has 1 amide bonds. The lowest BCUT2D eigenvalue weighted by Gasteiger charge is -2.23. The number of rotatable bonds is 7. The number of amides is 1. The predicted octanol–water partition coefficient (Wildman–Crippen LogP) is 6.00. The van der Waals surface area contributed by atoms with Gasteiger partial charge in [0.2, 0.25) is 10.0 Å². The summed E-state index contributed by atoms with van der Waals surface area (Å²) in [6, 6.07) is 17.5. The van der Waals surface area contributed by atoms with E-state index in [1.54, 1.807) is 0 Å². The Morgan fingerprint density at radius 3 is 2.55 bits per heavy atom. The lowest BCUT2D eigenvalue weighted by atomic mass is 10.0. The molecule has 9 nitrogen and oxygen atoms in total. The second kappa shape index (κ2) is 10.8. The SMILES string of the molecule is CC(C)NC(=O)O[C@@H]1CC[C@H](c2cc(Nc3ccc4c(c3)CS(=O)(=O)N4Cc3ccccc3)n(C(C)(C)C)n2)C1. The minimum absolute atomic E-state index is 0.0255. The number of alkyl carbamates (subject to hydrolysis) is 1. The standard InChI is InChI=1S/C30H39N5O4S/c1-20(2)31-29(36)39-25-13-11-22(16-25)26-17-28(35(33-26)30(3,4)5)32-24-12-14-27-23(15-24)19-40(37,38)34(27)18-21-9-7-6-8-10-21/h6-10,12,14-15,17,20,22,25,32H,11,13,16,18-19H2,1-5H3,(H,31,36)/t22-,25+/m0/s1. The Bertz CT molecular complexity index is 1480. The van der Waals surface area contributed by atoms with Gasteiger partial charge in [-0.2, -0.15) is 5.10 Å². The summed E-state index contributed by atoms with van der Waals surface area (Å²) in [6.45, 7) is 10.4. The van der Waals surface area contributed by atoms with E-state index >= 15 is 0 Å². The molecule has 3 aromatic rings. The van der Waals surface area contributed by atoms with Gasteiger partial charge in [0.1, 0.15) is 11.9 Å². The highest BCUT2D eigenvalue weighted by atomic mass is 32.2. The number of fused-ring (bicyclic) bond motifs is 1. The molecule has 1 aliphatic heterocycles. The van der Waals surface area contributed by atoms with E-state index in [1.165, 1.54) is 4.31 Å². The molecule has 5 rings (SSSR count). The van der Waals surface area contributed by atoms with Crippen molar-refractivity contribution >= 4 is 33.3 Å². The van der Waals surface area contributed by atoms with Crippen LogP contribution in [0.15, 0.2) is 54.6 Å². The molecule has 2 aromatic carbocycles. The molecule has 1 saturated carbocycles. The summed E-state index contributed by atoms with van der Waals surface area (Å²) in [4.78, 5) is 12.1. The van der Waals surface area contributed by atoms with Crippen molar-refractivity contribution in [3.8, 4) is 0 Å². The topological polar surface area (TPSA) is 106 Å². The number of carbonyl (C=O) groups excluding carboxylic acids is 1. The summed E-state index contributed by atoms with van der Waals surface area (Å²) in [6.07, 6.45) is 1.94. The van der Waals surface area contributed by atoms with Crippen LogP contribution >= 0.6 is 0 Å². The molecule has 1 aliphatic carbocycles. The molecular formula is C30H39N5O4S. The third kappa shape index (κ3) is 6.11. The van der Waals surface area contributed by atoms with Gasteiger partial charge in [0.25, 0.3) is 0 Å². The van der Waals surface area contributed by atoms with Gasteiger partial charge in [0.05, 0.1) is 29.2 Å². The van der Waals surface area contributed by atoms with Crippen LogP contribution in [-0.2, 0) is 32.6 Å². The van der Waals surface area contributed by atoms with Crippen LogP contribution in [0.2, 0.25) is 0 Å². The van der Waals surface area contributed by atoms with Crippen LogP contribution in [0.1, 0.15) is 76.6 Å². The maximum Gasteiger partial charge on any atom is 0.407 e. The Kier molecular flexibility index (Phi) is 7.56. The van der Waals surface area contributed by atoms with E-state index in [2.05, 4.69) is 37.5 Å². The van der Waals surface area contributed by atoms with Crippen molar-refractivity contribution < 1.29 is 17.9 Å². The molecule has 2 atom stereocenters. The zero-order valence-electron chi connectivity index (χ0n) is 23.8. The third-order valence-electron chi connectivity index (χ3n) is 7.31. The van der Waals surface area contributed by atoms with E-state index in [1.807, 2.05) is 67.1 Å². The van der Waals surface area contributed by atoms with Gasteiger partial charge in [-0.1, -0.05) is 30.3 Å². The Morgan fingerprint density at radius 2 is 1.85 bits per heavy atom. The molecule has 40 heavy (non-hydrogen) atoms. The number of hydrogen-bond donors (Lipinski definition) is 2. The molecule has 2 heterocycles. The van der Waals surface area contributed by atoms with Crippen LogP contribution in [0.4, 0.5) is 22.0 Å². The van der Waals surface area contributed by atoms with Crippen LogP contribution in [0.3, 0.4) is 0 Å². The molecule has 0 radical (unpaired) electrons. The number of carbonyl (C=O) groups is 1. The molecule has 2 N–H and O–H groups in total. The van der Waals surface area contributed by atoms with Gasteiger partial charge < -0.3 is 15.4 Å². The maximum atomic E-state index is 13.0. The fourth-order valence-electron chi connectivity index (χ4n) is 5.46. The fraction of sp³-hybridized carbons (Fsp3) is 0.467. The van der Waals surface area contributed by atoms with Gasteiger partial charge in [-0.15, -0.1) is 0 Å². The average Bonchev–Trinajstić information content (AvgIpc) is 3.55. The summed E-state index contributed by atoms with van der Waals surface area (Å²) in [5.74, 6) is 1.01. The number of hydrogen-bond acceptors (Lipinski definition) is 6. The van der Waals surface area contributed by atoms with Crippen molar-refractivity contribution in [3.63, 3.8) is 0 Å². The molecule has 214 valence electrons. The van der Waals surface area contributed by atoms with Crippen LogP contribution < -0.4 is 14.9 Å². The number of anilines is 3. The van der Waals surface area contributed by atoms with E-state index in [0.29, 0.717) is 6.54 Å². The number of nitrogens with one attached hydrogen (secondary N) is 2. The summed E-state index contributed by atoms with van der Waals surface area (Å²) >= 11 is 0. The number of ether oxygens (including phenoxy) is 1. The smallest absolute Gasteiger partial charge is 0.407 e. The normalized spacial score (nSPS) is 20.0. The van der Waals surface area contributed by atoms with Crippen LogP contribution in [0.25, 0.3) is 0 Å². The van der Waals surface area contributed by atoms with Crippen molar-refractivity contribution in [2.24, 2.45) is 0 Å². The Morgan fingerprint density at radius 1 is 1.10 bits per heavy atom. The van der Waals surface area contributed by atoms with E-state index in [0.717, 1.165) is 53.3 Å². The molecule has 0 bridgehead atoms. The molecule has 0 spiro atoms. The van der Waals surface area contributed by atoms with Gasteiger partial charge in [0.15, 0.2) is 0 Å². The van der Waals surface area contributed by atoms with Gasteiger partial charge >= 0.3 is 6.09 Å². The highest BCUT2D eigenvalue weighted by Crippen LogP contribution is 2.40. The van der Waals surface area contributed by atoms with Crippen LogP contribution in [0.5, 0.6) is 0 Å². The average molecular weight is 566 g/mol. The quantitative estimate of drug-likeness (QED) is 0.364. The highest BCUT2D eigenvalue weighted by Gasteiger charge is 2.34.